The molecule has 1 amide bonds. The first kappa shape index (κ1) is 21.4. The van der Waals surface area contributed by atoms with E-state index in [1.807, 2.05) is 23.6 Å². The lowest BCUT2D eigenvalue weighted by Gasteiger charge is -2.37. The second kappa shape index (κ2) is 10.4. The van der Waals surface area contributed by atoms with E-state index in [4.69, 9.17) is 13.9 Å². The fourth-order valence-corrected chi connectivity index (χ4v) is 4.86. The Hall–Kier alpha value is -1.88. The van der Waals surface area contributed by atoms with Crippen molar-refractivity contribution in [2.75, 3.05) is 51.8 Å². The van der Waals surface area contributed by atoms with Gasteiger partial charge in [0, 0.05) is 44.7 Å². The van der Waals surface area contributed by atoms with Crippen molar-refractivity contribution in [2.45, 2.75) is 31.1 Å². The molecule has 0 radical (unpaired) electrons. The van der Waals surface area contributed by atoms with Crippen molar-refractivity contribution in [1.29, 1.82) is 0 Å². The standard InChI is InChI=1S/C20H29N5O4S/c1-2-25-19(17-4-3-8-29-17)22-23-20(25)30-14-18(26)21-12-16(15-5-9-28-13-15)24-6-10-27-11-7-24/h3-4,8,15-16H,2,5-7,9-14H2,1H3,(H,21,26). The molecule has 2 saturated heterocycles. The number of aromatic nitrogens is 3. The Morgan fingerprint density at radius 1 is 1.30 bits per heavy atom. The maximum Gasteiger partial charge on any atom is 0.230 e. The molecule has 1 N–H and O–H groups in total. The zero-order valence-electron chi connectivity index (χ0n) is 17.3. The molecular weight excluding hydrogens is 406 g/mol. The van der Waals surface area contributed by atoms with Gasteiger partial charge in [0.15, 0.2) is 16.7 Å². The normalized spacial score (nSPS) is 21.0. The van der Waals surface area contributed by atoms with E-state index in [1.54, 1.807) is 6.26 Å². The van der Waals surface area contributed by atoms with Crippen molar-refractivity contribution in [3.63, 3.8) is 0 Å². The van der Waals surface area contributed by atoms with Gasteiger partial charge in [-0.3, -0.25) is 14.3 Å². The van der Waals surface area contributed by atoms with Crippen LogP contribution in [0.2, 0.25) is 0 Å². The van der Waals surface area contributed by atoms with Crippen LogP contribution in [0.3, 0.4) is 0 Å². The van der Waals surface area contributed by atoms with Gasteiger partial charge in [-0.2, -0.15) is 0 Å². The van der Waals surface area contributed by atoms with Gasteiger partial charge in [-0.1, -0.05) is 11.8 Å². The Balaban J connectivity index is 1.32. The van der Waals surface area contributed by atoms with Gasteiger partial charge in [-0.15, -0.1) is 10.2 Å². The summed E-state index contributed by atoms with van der Waals surface area (Å²) in [7, 11) is 0. The molecule has 0 spiro atoms. The summed E-state index contributed by atoms with van der Waals surface area (Å²) >= 11 is 1.39. The first-order chi connectivity index (χ1) is 14.8. The zero-order valence-corrected chi connectivity index (χ0v) is 18.1. The minimum Gasteiger partial charge on any atom is -0.461 e. The van der Waals surface area contributed by atoms with Gasteiger partial charge in [0.25, 0.3) is 0 Å². The summed E-state index contributed by atoms with van der Waals surface area (Å²) in [6.07, 6.45) is 2.66. The smallest absolute Gasteiger partial charge is 0.230 e. The van der Waals surface area contributed by atoms with Crippen LogP contribution in [0.5, 0.6) is 0 Å². The fraction of sp³-hybridized carbons (Fsp3) is 0.650. The van der Waals surface area contributed by atoms with Gasteiger partial charge in [-0.25, -0.2) is 0 Å². The number of morpholine rings is 1. The maximum absolute atomic E-state index is 12.6. The van der Waals surface area contributed by atoms with Gasteiger partial charge >= 0.3 is 0 Å². The predicted molar refractivity (Wildman–Crippen MR) is 112 cm³/mol. The first-order valence-corrected chi connectivity index (χ1v) is 11.5. The average molecular weight is 436 g/mol. The van der Waals surface area contributed by atoms with E-state index in [2.05, 4.69) is 20.4 Å². The number of ether oxygens (including phenoxy) is 2. The lowest BCUT2D eigenvalue weighted by atomic mass is 9.97. The van der Waals surface area contributed by atoms with Crippen molar-refractivity contribution >= 4 is 17.7 Å². The number of nitrogens with zero attached hydrogens (tertiary/aromatic N) is 4. The molecule has 2 aliphatic rings. The van der Waals surface area contributed by atoms with E-state index in [0.29, 0.717) is 41.5 Å². The third kappa shape index (κ3) is 5.05. The number of furan rings is 1. The van der Waals surface area contributed by atoms with Gasteiger partial charge < -0.3 is 19.2 Å². The Morgan fingerprint density at radius 2 is 2.17 bits per heavy atom. The van der Waals surface area contributed by atoms with E-state index < -0.39 is 0 Å². The quantitative estimate of drug-likeness (QED) is 0.592. The lowest BCUT2D eigenvalue weighted by molar-refractivity contribution is -0.119. The molecule has 4 heterocycles. The third-order valence-corrected chi connectivity index (χ3v) is 6.61. The molecule has 0 saturated carbocycles. The number of rotatable bonds is 9. The molecule has 0 aliphatic carbocycles. The summed E-state index contributed by atoms with van der Waals surface area (Å²) in [4.78, 5) is 15.0. The Bertz CT molecular complexity index is 800. The predicted octanol–water partition coefficient (Wildman–Crippen LogP) is 1.50. The highest BCUT2D eigenvalue weighted by atomic mass is 32.2. The Morgan fingerprint density at radius 3 is 2.87 bits per heavy atom. The number of hydrogen-bond donors (Lipinski definition) is 1. The second-order valence-electron chi connectivity index (χ2n) is 7.46. The van der Waals surface area contributed by atoms with Crippen molar-refractivity contribution in [3.05, 3.63) is 18.4 Å². The molecule has 4 rings (SSSR count). The number of amides is 1. The molecule has 30 heavy (non-hydrogen) atoms. The molecule has 2 atom stereocenters. The fourth-order valence-electron chi connectivity index (χ4n) is 4.03. The minimum absolute atomic E-state index is 0.00220. The molecule has 2 aliphatic heterocycles. The number of nitrogens with one attached hydrogen (secondary N) is 1. The SMILES string of the molecule is CCn1c(SCC(=O)NCC(C2CCOC2)N2CCOCC2)nnc1-c1ccco1. The Kier molecular flexibility index (Phi) is 7.42. The van der Waals surface area contributed by atoms with E-state index in [0.717, 1.165) is 45.9 Å². The largest absolute Gasteiger partial charge is 0.461 e. The van der Waals surface area contributed by atoms with Crippen LogP contribution in [-0.2, 0) is 20.8 Å². The minimum atomic E-state index is 0.00220. The lowest BCUT2D eigenvalue weighted by Crippen LogP contribution is -2.52. The summed E-state index contributed by atoms with van der Waals surface area (Å²) < 4.78 is 18.5. The Labute approximate surface area is 180 Å². The van der Waals surface area contributed by atoms with Crippen LogP contribution in [0, 0.1) is 5.92 Å². The second-order valence-corrected chi connectivity index (χ2v) is 8.40. The number of thioether (sulfide) groups is 1. The molecule has 0 bridgehead atoms. The van der Waals surface area contributed by atoms with Crippen LogP contribution in [0.1, 0.15) is 13.3 Å². The van der Waals surface area contributed by atoms with E-state index in [-0.39, 0.29) is 11.9 Å². The highest BCUT2D eigenvalue weighted by Gasteiger charge is 2.31. The van der Waals surface area contributed by atoms with E-state index in [1.165, 1.54) is 11.8 Å². The van der Waals surface area contributed by atoms with Crippen LogP contribution in [0.15, 0.2) is 28.0 Å². The van der Waals surface area contributed by atoms with Crippen molar-refractivity contribution < 1.29 is 18.7 Å². The highest BCUT2D eigenvalue weighted by Crippen LogP contribution is 2.24. The maximum atomic E-state index is 12.6. The van der Waals surface area contributed by atoms with Crippen LogP contribution >= 0.6 is 11.8 Å². The zero-order chi connectivity index (χ0) is 20.8. The van der Waals surface area contributed by atoms with Crippen molar-refractivity contribution in [3.8, 4) is 11.6 Å². The topological polar surface area (TPSA) is 94.7 Å². The molecule has 10 heteroatoms. The molecule has 2 aromatic rings. The molecule has 2 fully saturated rings. The highest BCUT2D eigenvalue weighted by molar-refractivity contribution is 7.99. The van der Waals surface area contributed by atoms with Gasteiger partial charge in [0.2, 0.25) is 5.91 Å². The third-order valence-electron chi connectivity index (χ3n) is 5.64. The van der Waals surface area contributed by atoms with Crippen molar-refractivity contribution in [1.82, 2.24) is 25.0 Å². The molecule has 2 unspecified atom stereocenters. The summed E-state index contributed by atoms with van der Waals surface area (Å²) in [5.74, 6) is 2.11. The summed E-state index contributed by atoms with van der Waals surface area (Å²) in [6, 6.07) is 3.97. The molecule has 2 aromatic heterocycles. The number of hydrogen-bond acceptors (Lipinski definition) is 8. The van der Waals surface area contributed by atoms with E-state index >= 15 is 0 Å². The van der Waals surface area contributed by atoms with Crippen LogP contribution < -0.4 is 5.32 Å². The van der Waals surface area contributed by atoms with Crippen LogP contribution in [0.25, 0.3) is 11.6 Å². The monoisotopic (exact) mass is 435 g/mol. The summed E-state index contributed by atoms with van der Waals surface area (Å²) in [6.45, 7) is 8.23. The average Bonchev–Trinajstić information content (AvgIpc) is 3.54. The molecular formula is C20H29N5O4S. The van der Waals surface area contributed by atoms with Gasteiger partial charge in [-0.05, 0) is 25.5 Å². The molecule has 9 nitrogen and oxygen atoms in total. The van der Waals surface area contributed by atoms with E-state index in [9.17, 15) is 4.79 Å². The van der Waals surface area contributed by atoms with Crippen LogP contribution in [-0.4, -0.2) is 83.4 Å². The van der Waals surface area contributed by atoms with Crippen LogP contribution in [0.4, 0.5) is 0 Å². The number of carbonyl (C=O) groups is 1. The summed E-state index contributed by atoms with van der Waals surface area (Å²) in [5, 5.41) is 12.3. The number of carbonyl (C=O) groups excluding carboxylic acids is 1. The molecule has 164 valence electrons. The first-order valence-electron chi connectivity index (χ1n) is 10.5. The van der Waals surface area contributed by atoms with Gasteiger partial charge in [0.1, 0.15) is 0 Å². The van der Waals surface area contributed by atoms with Gasteiger partial charge in [0.05, 0.1) is 31.8 Å². The molecule has 0 aromatic carbocycles. The van der Waals surface area contributed by atoms with Crippen molar-refractivity contribution in [2.24, 2.45) is 5.92 Å². The summed E-state index contributed by atoms with van der Waals surface area (Å²) in [5.41, 5.74) is 0.